The first-order valence-corrected chi connectivity index (χ1v) is 15.9. The molecule has 0 spiro atoms. The van der Waals surface area contributed by atoms with Crippen molar-refractivity contribution in [2.24, 2.45) is 0 Å². The van der Waals surface area contributed by atoms with Crippen LogP contribution in [0.1, 0.15) is 47.0 Å². The standard InChI is InChI=1S/C29H35NOS2Si/c1-23(15-13-14-22-32-28-30-26-20-11-12-21-27(26)33-28)31-34(29(2,3)4,24-16-7-5-8-17-24)25-18-9-6-10-19-25/h5-12,16-21,23H,13-15,22H2,1-4H3/t23-/m1/s1. The van der Waals surface area contributed by atoms with E-state index in [0.717, 1.165) is 24.1 Å². The largest absolute Gasteiger partial charge is 0.405 e. The van der Waals surface area contributed by atoms with Gasteiger partial charge in [0.25, 0.3) is 8.32 Å². The molecule has 1 atom stereocenters. The molecule has 3 aromatic carbocycles. The van der Waals surface area contributed by atoms with Gasteiger partial charge in [0.05, 0.1) is 10.2 Å². The SMILES string of the molecule is C[C@H](CCCCSc1nc2ccccc2s1)O[Si](c1ccccc1)(c1ccccc1)C(C)(C)C. The monoisotopic (exact) mass is 505 g/mol. The summed E-state index contributed by atoms with van der Waals surface area (Å²) in [5, 5.41) is 2.73. The quantitative estimate of drug-likeness (QED) is 0.126. The minimum Gasteiger partial charge on any atom is -0.405 e. The Hall–Kier alpha value is -1.92. The number of thiazole rings is 1. The summed E-state index contributed by atoms with van der Waals surface area (Å²) in [4.78, 5) is 4.75. The maximum absolute atomic E-state index is 7.20. The number of aromatic nitrogens is 1. The van der Waals surface area contributed by atoms with Crippen LogP contribution in [0.4, 0.5) is 0 Å². The number of fused-ring (bicyclic) bond motifs is 1. The molecule has 0 amide bonds. The number of rotatable bonds is 10. The third-order valence-electron chi connectivity index (χ3n) is 6.30. The number of hydrogen-bond donors (Lipinski definition) is 0. The lowest BCUT2D eigenvalue weighted by molar-refractivity contribution is 0.193. The Labute approximate surface area is 213 Å². The molecule has 0 unspecified atom stereocenters. The summed E-state index contributed by atoms with van der Waals surface area (Å²) < 4.78 is 9.66. The molecule has 0 aliphatic heterocycles. The van der Waals surface area contributed by atoms with Crippen molar-refractivity contribution in [2.45, 2.75) is 62.4 Å². The van der Waals surface area contributed by atoms with Crippen molar-refractivity contribution < 1.29 is 4.43 Å². The molecule has 4 rings (SSSR count). The van der Waals surface area contributed by atoms with E-state index < -0.39 is 8.32 Å². The van der Waals surface area contributed by atoms with E-state index in [9.17, 15) is 0 Å². The second-order valence-electron chi connectivity index (χ2n) is 9.88. The van der Waals surface area contributed by atoms with E-state index in [4.69, 9.17) is 9.41 Å². The summed E-state index contributed by atoms with van der Waals surface area (Å²) >= 11 is 3.68. The molecule has 0 saturated heterocycles. The summed E-state index contributed by atoms with van der Waals surface area (Å²) in [6, 6.07) is 30.3. The van der Waals surface area contributed by atoms with E-state index in [-0.39, 0.29) is 11.1 Å². The zero-order valence-electron chi connectivity index (χ0n) is 20.7. The van der Waals surface area contributed by atoms with E-state index in [2.05, 4.69) is 113 Å². The lowest BCUT2D eigenvalue weighted by Gasteiger charge is -2.44. The van der Waals surface area contributed by atoms with Gasteiger partial charge in [-0.1, -0.05) is 112 Å². The number of para-hydroxylation sites is 1. The zero-order valence-corrected chi connectivity index (χ0v) is 23.3. The lowest BCUT2D eigenvalue weighted by atomic mass is 10.2. The normalized spacial score (nSPS) is 13.3. The Balaban J connectivity index is 1.41. The highest BCUT2D eigenvalue weighted by Gasteiger charge is 2.50. The summed E-state index contributed by atoms with van der Waals surface area (Å²) in [5.41, 5.74) is 1.11. The summed E-state index contributed by atoms with van der Waals surface area (Å²) in [7, 11) is -2.47. The third kappa shape index (κ3) is 5.65. The smallest absolute Gasteiger partial charge is 0.261 e. The van der Waals surface area contributed by atoms with Gasteiger partial charge in [-0.15, -0.1) is 11.3 Å². The van der Waals surface area contributed by atoms with Crippen LogP contribution in [0.15, 0.2) is 89.3 Å². The molecular weight excluding hydrogens is 471 g/mol. The molecule has 1 aromatic heterocycles. The molecular formula is C29H35NOS2Si. The summed E-state index contributed by atoms with van der Waals surface area (Å²) in [6.07, 6.45) is 3.62. The van der Waals surface area contributed by atoms with Crippen LogP contribution in [0.25, 0.3) is 10.2 Å². The van der Waals surface area contributed by atoms with Crippen molar-refractivity contribution in [2.75, 3.05) is 5.75 Å². The van der Waals surface area contributed by atoms with E-state index >= 15 is 0 Å². The van der Waals surface area contributed by atoms with E-state index in [0.29, 0.717) is 0 Å². The Morgan fingerprint density at radius 2 is 1.44 bits per heavy atom. The van der Waals surface area contributed by atoms with Crippen molar-refractivity contribution in [3.05, 3.63) is 84.9 Å². The van der Waals surface area contributed by atoms with Crippen LogP contribution in [0.5, 0.6) is 0 Å². The number of nitrogens with zero attached hydrogens (tertiary/aromatic N) is 1. The van der Waals surface area contributed by atoms with E-state index in [1.165, 1.54) is 25.8 Å². The third-order valence-corrected chi connectivity index (χ3v) is 13.7. The van der Waals surface area contributed by atoms with Crippen LogP contribution in [0.2, 0.25) is 5.04 Å². The van der Waals surface area contributed by atoms with Gasteiger partial charge in [-0.25, -0.2) is 4.98 Å². The first-order chi connectivity index (χ1) is 16.4. The molecule has 4 aromatic rings. The molecule has 2 nitrogen and oxygen atoms in total. The molecule has 0 N–H and O–H groups in total. The molecule has 0 aliphatic rings. The fourth-order valence-electron chi connectivity index (χ4n) is 4.66. The van der Waals surface area contributed by atoms with Gasteiger partial charge < -0.3 is 4.43 Å². The Morgan fingerprint density at radius 3 is 2.03 bits per heavy atom. The van der Waals surface area contributed by atoms with Crippen LogP contribution >= 0.6 is 23.1 Å². The van der Waals surface area contributed by atoms with Crippen molar-refractivity contribution in [3.8, 4) is 0 Å². The topological polar surface area (TPSA) is 22.1 Å². The van der Waals surface area contributed by atoms with Gasteiger partial charge in [0.1, 0.15) is 0 Å². The van der Waals surface area contributed by atoms with Gasteiger partial charge in [-0.05, 0) is 47.3 Å². The molecule has 0 aliphatic carbocycles. The molecule has 0 radical (unpaired) electrons. The van der Waals surface area contributed by atoms with Crippen LogP contribution < -0.4 is 10.4 Å². The molecule has 0 fully saturated rings. The molecule has 34 heavy (non-hydrogen) atoms. The second kappa shape index (κ2) is 11.2. The van der Waals surface area contributed by atoms with Crippen LogP contribution in [-0.2, 0) is 4.43 Å². The van der Waals surface area contributed by atoms with Gasteiger partial charge in [-0.2, -0.15) is 0 Å². The van der Waals surface area contributed by atoms with Gasteiger partial charge in [-0.3, -0.25) is 0 Å². The van der Waals surface area contributed by atoms with Crippen LogP contribution in [-0.4, -0.2) is 25.2 Å². The fraction of sp³-hybridized carbons (Fsp3) is 0.345. The van der Waals surface area contributed by atoms with Crippen molar-refractivity contribution in [1.29, 1.82) is 0 Å². The van der Waals surface area contributed by atoms with Gasteiger partial charge in [0.15, 0.2) is 4.34 Å². The number of unbranched alkanes of at least 4 members (excludes halogenated alkanes) is 1. The highest BCUT2D eigenvalue weighted by atomic mass is 32.2. The second-order valence-corrected chi connectivity index (χ2v) is 16.5. The fourth-order valence-corrected chi connectivity index (χ4v) is 11.5. The average Bonchev–Trinajstić information content (AvgIpc) is 3.25. The Kier molecular flexibility index (Phi) is 8.30. The lowest BCUT2D eigenvalue weighted by Crippen LogP contribution is -2.67. The minimum absolute atomic E-state index is 0.0205. The summed E-state index contributed by atoms with van der Waals surface area (Å²) in [5.74, 6) is 1.10. The maximum atomic E-state index is 7.20. The molecule has 1 heterocycles. The molecule has 5 heteroatoms. The van der Waals surface area contributed by atoms with Gasteiger partial charge in [0, 0.05) is 11.9 Å². The highest BCUT2D eigenvalue weighted by molar-refractivity contribution is 8.01. The first kappa shape index (κ1) is 25.2. The minimum atomic E-state index is -2.47. The van der Waals surface area contributed by atoms with Gasteiger partial charge >= 0.3 is 0 Å². The van der Waals surface area contributed by atoms with E-state index in [1.54, 1.807) is 11.3 Å². The van der Waals surface area contributed by atoms with Crippen molar-refractivity contribution in [1.82, 2.24) is 4.98 Å². The van der Waals surface area contributed by atoms with Crippen LogP contribution in [0.3, 0.4) is 0 Å². The number of benzene rings is 3. The highest BCUT2D eigenvalue weighted by Crippen LogP contribution is 2.38. The first-order valence-electron chi connectivity index (χ1n) is 12.2. The summed E-state index contributed by atoms with van der Waals surface area (Å²) in [6.45, 7) is 9.31. The molecule has 0 bridgehead atoms. The number of thioether (sulfide) groups is 1. The van der Waals surface area contributed by atoms with Crippen molar-refractivity contribution >= 4 is 52.0 Å². The Bertz CT molecular complexity index is 1100. The Morgan fingerprint density at radius 1 is 0.853 bits per heavy atom. The van der Waals surface area contributed by atoms with Gasteiger partial charge in [0.2, 0.25) is 0 Å². The van der Waals surface area contributed by atoms with Crippen molar-refractivity contribution in [3.63, 3.8) is 0 Å². The zero-order chi connectivity index (χ0) is 24.0. The van der Waals surface area contributed by atoms with Crippen LogP contribution in [0, 0.1) is 0 Å². The molecule has 0 saturated carbocycles. The predicted molar refractivity (Wildman–Crippen MR) is 152 cm³/mol. The maximum Gasteiger partial charge on any atom is 0.261 e. The molecule has 178 valence electrons. The van der Waals surface area contributed by atoms with E-state index in [1.807, 2.05) is 11.8 Å². The predicted octanol–water partition coefficient (Wildman–Crippen LogP) is 7.52. The number of hydrogen-bond acceptors (Lipinski definition) is 4. The average molecular weight is 506 g/mol.